The first-order valence-electron chi connectivity index (χ1n) is 7.81. The van der Waals surface area contributed by atoms with E-state index >= 15 is 0 Å². The average Bonchev–Trinajstić information content (AvgIpc) is 3.04. The SMILES string of the molecule is Cc1sc(C(=O)S)cc1S(=O)(=O)c1cnc(NCc2ccccc2)c(Br)c1. The highest BCUT2D eigenvalue weighted by molar-refractivity contribution is 9.10. The molecule has 0 amide bonds. The number of anilines is 1. The largest absolute Gasteiger partial charge is 0.365 e. The number of halogens is 1. The third kappa shape index (κ3) is 4.43. The molecule has 2 heterocycles. The lowest BCUT2D eigenvalue weighted by atomic mass is 10.2. The quantitative estimate of drug-likeness (QED) is 0.496. The molecule has 1 aromatic carbocycles. The van der Waals surface area contributed by atoms with E-state index in [1.165, 1.54) is 18.3 Å². The minimum atomic E-state index is -3.78. The van der Waals surface area contributed by atoms with Gasteiger partial charge in [0.25, 0.3) is 0 Å². The Bertz CT molecular complexity index is 1100. The monoisotopic (exact) mass is 482 g/mol. The summed E-state index contributed by atoms with van der Waals surface area (Å²) in [5.74, 6) is 0.547. The summed E-state index contributed by atoms with van der Waals surface area (Å²) in [4.78, 5) is 16.6. The van der Waals surface area contributed by atoms with E-state index in [1.54, 1.807) is 6.92 Å². The first-order chi connectivity index (χ1) is 12.8. The fourth-order valence-electron chi connectivity index (χ4n) is 2.44. The van der Waals surface area contributed by atoms with Gasteiger partial charge in [0, 0.05) is 17.6 Å². The number of hydrogen-bond acceptors (Lipinski definition) is 6. The Hall–Kier alpha value is -1.68. The second kappa shape index (κ2) is 8.14. The number of thiol groups is 1. The van der Waals surface area contributed by atoms with E-state index in [0.717, 1.165) is 16.9 Å². The number of benzene rings is 1. The van der Waals surface area contributed by atoms with Gasteiger partial charge in [0.15, 0.2) is 0 Å². The maximum Gasteiger partial charge on any atom is 0.226 e. The first kappa shape index (κ1) is 20.1. The van der Waals surface area contributed by atoms with Crippen LogP contribution in [0.3, 0.4) is 0 Å². The highest BCUT2D eigenvalue weighted by atomic mass is 79.9. The molecule has 0 aliphatic heterocycles. The van der Waals surface area contributed by atoms with Crippen LogP contribution < -0.4 is 5.32 Å². The van der Waals surface area contributed by atoms with Crippen LogP contribution in [0.1, 0.15) is 20.1 Å². The van der Waals surface area contributed by atoms with E-state index < -0.39 is 15.0 Å². The van der Waals surface area contributed by atoms with Gasteiger partial charge >= 0.3 is 0 Å². The van der Waals surface area contributed by atoms with Gasteiger partial charge in [-0.3, -0.25) is 4.79 Å². The van der Waals surface area contributed by atoms with Gasteiger partial charge in [0.1, 0.15) is 5.82 Å². The van der Waals surface area contributed by atoms with Crippen LogP contribution in [0.2, 0.25) is 0 Å². The van der Waals surface area contributed by atoms with E-state index in [9.17, 15) is 13.2 Å². The molecular formula is C18H15BrN2O3S3. The van der Waals surface area contributed by atoms with Crippen molar-refractivity contribution < 1.29 is 13.2 Å². The second-order valence-corrected chi connectivity index (χ2v) is 10.1. The topological polar surface area (TPSA) is 76.1 Å². The Morgan fingerprint density at radius 1 is 1.26 bits per heavy atom. The summed E-state index contributed by atoms with van der Waals surface area (Å²) in [6.45, 7) is 2.23. The molecule has 27 heavy (non-hydrogen) atoms. The molecule has 0 atom stereocenters. The zero-order valence-corrected chi connectivity index (χ0v) is 18.3. The summed E-state index contributed by atoms with van der Waals surface area (Å²) < 4.78 is 26.4. The maximum absolute atomic E-state index is 12.9. The molecule has 0 saturated carbocycles. The van der Waals surface area contributed by atoms with Gasteiger partial charge in [0.2, 0.25) is 15.0 Å². The summed E-state index contributed by atoms with van der Waals surface area (Å²) in [5.41, 5.74) is 1.08. The number of nitrogens with one attached hydrogen (secondary N) is 1. The first-order valence-corrected chi connectivity index (χ1v) is 11.3. The van der Waals surface area contributed by atoms with Crippen molar-refractivity contribution in [3.05, 3.63) is 68.5 Å². The van der Waals surface area contributed by atoms with Crippen LogP contribution in [0.15, 0.2) is 62.9 Å². The number of sulfone groups is 1. The minimum absolute atomic E-state index is 0.0544. The van der Waals surface area contributed by atoms with Crippen LogP contribution in [-0.4, -0.2) is 18.5 Å². The standard InChI is InChI=1S/C18H15BrN2O3S3/c1-11-16(8-15(26-11)18(22)25)27(23,24)13-7-14(19)17(21-10-13)20-9-12-5-3-2-4-6-12/h2-8,10H,9H2,1H3,(H,20,21)(H,22,25). The predicted molar refractivity (Wildman–Crippen MR) is 114 cm³/mol. The van der Waals surface area contributed by atoms with Crippen LogP contribution in [-0.2, 0) is 16.4 Å². The highest BCUT2D eigenvalue weighted by Gasteiger charge is 2.25. The van der Waals surface area contributed by atoms with E-state index in [2.05, 4.69) is 38.9 Å². The summed E-state index contributed by atoms with van der Waals surface area (Å²) in [6, 6.07) is 12.7. The molecule has 140 valence electrons. The van der Waals surface area contributed by atoms with Gasteiger partial charge in [0.05, 0.1) is 19.1 Å². The minimum Gasteiger partial charge on any atom is -0.365 e. The fourth-order valence-corrected chi connectivity index (χ4v) is 5.94. The molecule has 3 aromatic rings. The summed E-state index contributed by atoms with van der Waals surface area (Å²) in [7, 11) is -3.78. The summed E-state index contributed by atoms with van der Waals surface area (Å²) in [5, 5.41) is 2.72. The molecule has 0 aliphatic rings. The van der Waals surface area contributed by atoms with Gasteiger partial charge in [-0.25, -0.2) is 13.4 Å². The van der Waals surface area contributed by atoms with Crippen molar-refractivity contribution in [1.82, 2.24) is 4.98 Å². The van der Waals surface area contributed by atoms with Crippen molar-refractivity contribution in [2.24, 2.45) is 0 Å². The zero-order chi connectivity index (χ0) is 19.6. The number of hydrogen-bond donors (Lipinski definition) is 2. The Labute approximate surface area is 175 Å². The Balaban J connectivity index is 1.87. The Morgan fingerprint density at radius 3 is 2.56 bits per heavy atom. The van der Waals surface area contributed by atoms with Gasteiger partial charge in [-0.1, -0.05) is 43.0 Å². The molecule has 0 radical (unpaired) electrons. The number of carbonyl (C=O) groups excluding carboxylic acids is 1. The van der Waals surface area contributed by atoms with Crippen molar-refractivity contribution in [2.75, 3.05) is 5.32 Å². The average molecular weight is 483 g/mol. The fraction of sp³-hybridized carbons (Fsp3) is 0.111. The second-order valence-electron chi connectivity index (χ2n) is 5.68. The van der Waals surface area contributed by atoms with Crippen molar-refractivity contribution in [2.45, 2.75) is 23.3 Å². The van der Waals surface area contributed by atoms with Crippen LogP contribution in [0.25, 0.3) is 0 Å². The van der Waals surface area contributed by atoms with E-state index in [1.807, 2.05) is 30.3 Å². The molecule has 3 rings (SSSR count). The number of nitrogens with zero attached hydrogens (tertiary/aromatic N) is 1. The smallest absolute Gasteiger partial charge is 0.226 e. The van der Waals surface area contributed by atoms with Crippen LogP contribution >= 0.6 is 39.9 Å². The summed E-state index contributed by atoms with van der Waals surface area (Å²) in [6.07, 6.45) is 1.31. The van der Waals surface area contributed by atoms with Crippen molar-refractivity contribution in [3.8, 4) is 0 Å². The molecule has 0 unspecified atom stereocenters. The summed E-state index contributed by atoms with van der Waals surface area (Å²) >= 11 is 8.25. The molecule has 0 saturated heterocycles. The van der Waals surface area contributed by atoms with E-state index in [0.29, 0.717) is 26.6 Å². The number of pyridine rings is 1. The van der Waals surface area contributed by atoms with Gasteiger partial charge in [-0.05, 0) is 40.5 Å². The third-order valence-electron chi connectivity index (χ3n) is 3.80. The predicted octanol–water partition coefficient (Wildman–Crippen LogP) is 4.73. The number of carbonyl (C=O) groups is 1. The van der Waals surface area contributed by atoms with Crippen LogP contribution in [0, 0.1) is 6.92 Å². The molecule has 0 fully saturated rings. The Kier molecular flexibility index (Phi) is 6.05. The van der Waals surface area contributed by atoms with Gasteiger partial charge < -0.3 is 5.32 Å². The van der Waals surface area contributed by atoms with Crippen LogP contribution in [0.4, 0.5) is 5.82 Å². The molecule has 9 heteroatoms. The molecule has 0 spiro atoms. The number of aromatic nitrogens is 1. The van der Waals surface area contributed by atoms with Crippen molar-refractivity contribution in [1.29, 1.82) is 0 Å². The van der Waals surface area contributed by atoms with Gasteiger partial charge in [-0.15, -0.1) is 11.3 Å². The van der Waals surface area contributed by atoms with Crippen LogP contribution in [0.5, 0.6) is 0 Å². The molecule has 1 N–H and O–H groups in total. The zero-order valence-electron chi connectivity index (χ0n) is 14.1. The number of thiophene rings is 1. The third-order valence-corrected chi connectivity index (χ3v) is 7.82. The van der Waals surface area contributed by atoms with Crippen molar-refractivity contribution in [3.63, 3.8) is 0 Å². The molecule has 0 bridgehead atoms. The number of aryl methyl sites for hydroxylation is 1. The molecule has 2 aromatic heterocycles. The van der Waals surface area contributed by atoms with E-state index in [4.69, 9.17) is 0 Å². The molecular weight excluding hydrogens is 468 g/mol. The van der Waals surface area contributed by atoms with E-state index in [-0.39, 0.29) is 9.79 Å². The maximum atomic E-state index is 12.9. The lowest BCUT2D eigenvalue weighted by Gasteiger charge is -2.10. The normalized spacial score (nSPS) is 11.4. The molecule has 5 nitrogen and oxygen atoms in total. The van der Waals surface area contributed by atoms with Crippen molar-refractivity contribution >= 4 is 60.7 Å². The lowest BCUT2D eigenvalue weighted by Crippen LogP contribution is -2.06. The Morgan fingerprint density at radius 2 is 1.96 bits per heavy atom. The lowest BCUT2D eigenvalue weighted by molar-refractivity contribution is 0.109. The van der Waals surface area contributed by atoms with Gasteiger partial charge in [-0.2, -0.15) is 0 Å². The molecule has 0 aliphatic carbocycles. The number of rotatable bonds is 6. The highest BCUT2D eigenvalue weighted by Crippen LogP contribution is 2.33.